The van der Waals surface area contributed by atoms with E-state index in [-0.39, 0.29) is 6.04 Å². The SMILES string of the molecule is CC(C)CNC(C)c1nnnn1CCOC1CCCC1. The molecule has 1 N–H and O–H groups in total. The molecule has 0 aliphatic heterocycles. The van der Waals surface area contributed by atoms with Crippen molar-refractivity contribution in [2.24, 2.45) is 5.92 Å². The van der Waals surface area contributed by atoms with E-state index >= 15 is 0 Å². The molecule has 0 spiro atoms. The molecule has 2 rings (SSSR count). The van der Waals surface area contributed by atoms with E-state index in [1.807, 2.05) is 4.68 Å². The molecule has 1 aliphatic carbocycles. The Kier molecular flexibility index (Phi) is 5.91. The summed E-state index contributed by atoms with van der Waals surface area (Å²) in [5.41, 5.74) is 0. The van der Waals surface area contributed by atoms with Gasteiger partial charge in [-0.25, -0.2) is 4.68 Å². The van der Waals surface area contributed by atoms with Crippen molar-refractivity contribution in [1.29, 1.82) is 0 Å². The topological polar surface area (TPSA) is 64.9 Å². The van der Waals surface area contributed by atoms with Gasteiger partial charge in [-0.05, 0) is 42.7 Å². The minimum atomic E-state index is 0.166. The van der Waals surface area contributed by atoms with Crippen molar-refractivity contribution in [2.45, 2.75) is 65.1 Å². The Morgan fingerprint density at radius 2 is 2.05 bits per heavy atom. The molecule has 0 bridgehead atoms. The van der Waals surface area contributed by atoms with Gasteiger partial charge in [-0.1, -0.05) is 26.7 Å². The molecule has 1 aliphatic rings. The van der Waals surface area contributed by atoms with Crippen LogP contribution in [0.15, 0.2) is 0 Å². The zero-order valence-electron chi connectivity index (χ0n) is 12.9. The minimum absolute atomic E-state index is 0.166. The van der Waals surface area contributed by atoms with Crippen LogP contribution in [-0.4, -0.2) is 39.5 Å². The molecule has 114 valence electrons. The maximum Gasteiger partial charge on any atom is 0.168 e. The third kappa shape index (κ3) is 4.52. The number of hydrogen-bond acceptors (Lipinski definition) is 5. The van der Waals surface area contributed by atoms with Gasteiger partial charge in [0.2, 0.25) is 0 Å². The second-order valence-corrected chi connectivity index (χ2v) is 6.06. The number of rotatable bonds is 8. The molecule has 0 radical (unpaired) electrons. The summed E-state index contributed by atoms with van der Waals surface area (Å²) in [4.78, 5) is 0. The fourth-order valence-corrected chi connectivity index (χ4v) is 2.55. The van der Waals surface area contributed by atoms with Crippen LogP contribution in [0.5, 0.6) is 0 Å². The highest BCUT2D eigenvalue weighted by Gasteiger charge is 2.17. The van der Waals surface area contributed by atoms with Crippen molar-refractivity contribution < 1.29 is 4.74 Å². The molecular formula is C14H27N5O. The van der Waals surface area contributed by atoms with Crippen molar-refractivity contribution in [3.05, 3.63) is 5.82 Å². The summed E-state index contributed by atoms with van der Waals surface area (Å²) in [7, 11) is 0. The van der Waals surface area contributed by atoms with Gasteiger partial charge < -0.3 is 10.1 Å². The predicted octanol–water partition coefficient (Wildman–Crippen LogP) is 1.94. The molecule has 1 fully saturated rings. The van der Waals surface area contributed by atoms with Crippen LogP contribution in [-0.2, 0) is 11.3 Å². The highest BCUT2D eigenvalue weighted by molar-refractivity contribution is 4.89. The van der Waals surface area contributed by atoms with E-state index in [4.69, 9.17) is 4.74 Å². The second kappa shape index (κ2) is 7.69. The molecule has 6 heteroatoms. The number of hydrogen-bond donors (Lipinski definition) is 1. The summed E-state index contributed by atoms with van der Waals surface area (Å²) in [6.45, 7) is 8.87. The smallest absolute Gasteiger partial charge is 0.168 e. The zero-order chi connectivity index (χ0) is 14.4. The quantitative estimate of drug-likeness (QED) is 0.789. The van der Waals surface area contributed by atoms with Crippen molar-refractivity contribution in [3.8, 4) is 0 Å². The number of nitrogens with zero attached hydrogens (tertiary/aromatic N) is 4. The van der Waals surface area contributed by atoms with Crippen LogP contribution in [0.1, 0.15) is 58.3 Å². The summed E-state index contributed by atoms with van der Waals surface area (Å²) in [5.74, 6) is 1.51. The van der Waals surface area contributed by atoms with Crippen molar-refractivity contribution in [2.75, 3.05) is 13.2 Å². The minimum Gasteiger partial charge on any atom is -0.376 e. The first-order valence-electron chi connectivity index (χ1n) is 7.78. The van der Waals surface area contributed by atoms with Crippen LogP contribution in [0.3, 0.4) is 0 Å². The second-order valence-electron chi connectivity index (χ2n) is 6.06. The largest absolute Gasteiger partial charge is 0.376 e. The summed E-state index contributed by atoms with van der Waals surface area (Å²) in [5, 5.41) is 15.4. The molecule has 0 saturated heterocycles. The van der Waals surface area contributed by atoms with Gasteiger partial charge >= 0.3 is 0 Å². The lowest BCUT2D eigenvalue weighted by atomic mass is 10.2. The highest BCUT2D eigenvalue weighted by Crippen LogP contribution is 2.20. The lowest BCUT2D eigenvalue weighted by molar-refractivity contribution is 0.0506. The molecule has 1 atom stereocenters. The molecule has 1 saturated carbocycles. The van der Waals surface area contributed by atoms with E-state index in [9.17, 15) is 0 Å². The Hall–Kier alpha value is -1.01. The molecule has 20 heavy (non-hydrogen) atoms. The van der Waals surface area contributed by atoms with E-state index < -0.39 is 0 Å². The Morgan fingerprint density at radius 3 is 2.75 bits per heavy atom. The van der Waals surface area contributed by atoms with Crippen LogP contribution in [0.2, 0.25) is 0 Å². The first-order valence-corrected chi connectivity index (χ1v) is 7.78. The maximum atomic E-state index is 5.87. The van der Waals surface area contributed by atoms with Crippen LogP contribution < -0.4 is 5.32 Å². The van der Waals surface area contributed by atoms with E-state index in [1.54, 1.807) is 0 Å². The molecule has 1 aromatic rings. The van der Waals surface area contributed by atoms with Gasteiger partial charge in [0, 0.05) is 0 Å². The van der Waals surface area contributed by atoms with Crippen molar-refractivity contribution >= 4 is 0 Å². The molecule has 1 unspecified atom stereocenters. The van der Waals surface area contributed by atoms with Gasteiger partial charge in [-0.2, -0.15) is 0 Å². The lowest BCUT2D eigenvalue weighted by Gasteiger charge is -2.16. The van der Waals surface area contributed by atoms with Gasteiger partial charge in [0.25, 0.3) is 0 Å². The normalized spacial score (nSPS) is 18.0. The highest BCUT2D eigenvalue weighted by atomic mass is 16.5. The summed E-state index contributed by atoms with van der Waals surface area (Å²) >= 11 is 0. The lowest BCUT2D eigenvalue weighted by Crippen LogP contribution is -2.26. The molecule has 0 aromatic carbocycles. The van der Waals surface area contributed by atoms with Crippen LogP contribution >= 0.6 is 0 Å². The number of tetrazole rings is 1. The standard InChI is InChI=1S/C14H27N5O/c1-11(2)10-15-12(3)14-16-17-18-19(14)8-9-20-13-6-4-5-7-13/h11-13,15H,4-10H2,1-3H3. The van der Waals surface area contributed by atoms with Crippen molar-refractivity contribution in [3.63, 3.8) is 0 Å². The van der Waals surface area contributed by atoms with E-state index in [2.05, 4.69) is 41.6 Å². The molecule has 1 aromatic heterocycles. The van der Waals surface area contributed by atoms with Gasteiger partial charge in [0.15, 0.2) is 5.82 Å². The Labute approximate surface area is 121 Å². The number of nitrogens with one attached hydrogen (secondary N) is 1. The fraction of sp³-hybridized carbons (Fsp3) is 0.929. The number of aromatic nitrogens is 4. The maximum absolute atomic E-state index is 5.87. The van der Waals surface area contributed by atoms with Gasteiger partial charge in [0.1, 0.15) is 0 Å². The first kappa shape index (κ1) is 15.4. The van der Waals surface area contributed by atoms with Gasteiger partial charge in [-0.3, -0.25) is 0 Å². The fourth-order valence-electron chi connectivity index (χ4n) is 2.55. The molecule has 6 nitrogen and oxygen atoms in total. The third-order valence-corrected chi connectivity index (χ3v) is 3.74. The number of ether oxygens (including phenoxy) is 1. The van der Waals surface area contributed by atoms with Crippen LogP contribution in [0.25, 0.3) is 0 Å². The Morgan fingerprint density at radius 1 is 1.30 bits per heavy atom. The van der Waals surface area contributed by atoms with E-state index in [1.165, 1.54) is 25.7 Å². The monoisotopic (exact) mass is 281 g/mol. The Bertz CT molecular complexity index is 387. The van der Waals surface area contributed by atoms with Crippen LogP contribution in [0.4, 0.5) is 0 Å². The first-order chi connectivity index (χ1) is 9.66. The Balaban J connectivity index is 1.78. The summed E-state index contributed by atoms with van der Waals surface area (Å²) in [6, 6.07) is 0.166. The average molecular weight is 281 g/mol. The van der Waals surface area contributed by atoms with Gasteiger partial charge in [0.05, 0.1) is 25.3 Å². The van der Waals surface area contributed by atoms with Gasteiger partial charge in [-0.15, -0.1) is 5.10 Å². The zero-order valence-corrected chi connectivity index (χ0v) is 12.9. The molecule has 1 heterocycles. The van der Waals surface area contributed by atoms with E-state index in [0.717, 1.165) is 18.9 Å². The molecular weight excluding hydrogens is 254 g/mol. The van der Waals surface area contributed by atoms with Crippen molar-refractivity contribution in [1.82, 2.24) is 25.5 Å². The summed E-state index contributed by atoms with van der Waals surface area (Å²) < 4.78 is 7.73. The average Bonchev–Trinajstić information content (AvgIpc) is 3.07. The third-order valence-electron chi connectivity index (χ3n) is 3.74. The van der Waals surface area contributed by atoms with Crippen LogP contribution in [0, 0.1) is 5.92 Å². The molecule has 0 amide bonds. The van der Waals surface area contributed by atoms with E-state index in [0.29, 0.717) is 18.6 Å². The predicted molar refractivity (Wildman–Crippen MR) is 77.3 cm³/mol. The summed E-state index contributed by atoms with van der Waals surface area (Å²) in [6.07, 6.45) is 5.46.